The van der Waals surface area contributed by atoms with Crippen LogP contribution in [0.5, 0.6) is 11.5 Å². The van der Waals surface area contributed by atoms with Gasteiger partial charge in [0, 0.05) is 34.8 Å². The molecule has 1 aliphatic rings. The van der Waals surface area contributed by atoms with E-state index in [1.54, 1.807) is 12.1 Å². The number of methoxy groups -OCH3 is 2. The van der Waals surface area contributed by atoms with E-state index in [9.17, 15) is 4.79 Å². The Hall–Kier alpha value is -3.36. The van der Waals surface area contributed by atoms with Gasteiger partial charge in [-0.15, -0.1) is 10.2 Å². The van der Waals surface area contributed by atoms with E-state index in [0.717, 1.165) is 33.3 Å². The highest BCUT2D eigenvalue weighted by Gasteiger charge is 2.25. The number of aromatic nitrogens is 3. The molecule has 0 aliphatic heterocycles. The fourth-order valence-corrected chi connectivity index (χ4v) is 4.85. The van der Waals surface area contributed by atoms with E-state index in [1.807, 2.05) is 18.2 Å². The molecule has 1 heterocycles. The quantitative estimate of drug-likeness (QED) is 0.310. The third-order valence-electron chi connectivity index (χ3n) is 5.39. The summed E-state index contributed by atoms with van der Waals surface area (Å²) in [6.45, 7) is 0. The number of nitrogens with one attached hydrogen (secondary N) is 1. The number of anilines is 1. The highest BCUT2D eigenvalue weighted by Crippen LogP contribution is 2.45. The minimum absolute atomic E-state index is 0.173. The average molecular weight is 479 g/mol. The molecule has 7 nitrogen and oxygen atoms in total. The molecular weight excluding hydrogens is 460 g/mol. The Kier molecular flexibility index (Phi) is 5.78. The minimum atomic E-state index is -0.173. The van der Waals surface area contributed by atoms with Crippen LogP contribution >= 0.6 is 23.4 Å². The van der Waals surface area contributed by atoms with Crippen molar-refractivity contribution < 1.29 is 14.3 Å². The van der Waals surface area contributed by atoms with Crippen LogP contribution in [0, 0.1) is 0 Å². The summed E-state index contributed by atoms with van der Waals surface area (Å²) in [5, 5.41) is 14.8. The maximum absolute atomic E-state index is 12.5. The zero-order valence-electron chi connectivity index (χ0n) is 17.9. The Morgan fingerprint density at radius 2 is 1.73 bits per heavy atom. The molecule has 0 atom stereocenters. The SMILES string of the molecule is COc1cc(OC)c(NC(=O)CCSc2nnc3c(n2)-c2cccc4cccc-3c24)cc1Cl. The number of carbonyl (C=O) groups excluding carboxylic acids is 1. The first-order chi connectivity index (χ1) is 16.1. The monoisotopic (exact) mass is 478 g/mol. The highest BCUT2D eigenvalue weighted by atomic mass is 35.5. The van der Waals surface area contributed by atoms with Crippen molar-refractivity contribution >= 4 is 45.7 Å². The number of rotatable bonds is 7. The van der Waals surface area contributed by atoms with E-state index in [0.29, 0.717) is 33.1 Å². The molecule has 1 aliphatic carbocycles. The maximum atomic E-state index is 12.5. The first-order valence-electron chi connectivity index (χ1n) is 10.2. The summed E-state index contributed by atoms with van der Waals surface area (Å²) in [4.78, 5) is 17.2. The van der Waals surface area contributed by atoms with Crippen LogP contribution in [-0.2, 0) is 4.79 Å². The molecule has 3 aromatic carbocycles. The summed E-state index contributed by atoms with van der Waals surface area (Å²) in [7, 11) is 3.04. The van der Waals surface area contributed by atoms with Crippen molar-refractivity contribution in [2.24, 2.45) is 0 Å². The molecule has 1 amide bonds. The van der Waals surface area contributed by atoms with Gasteiger partial charge >= 0.3 is 0 Å². The Balaban J connectivity index is 1.26. The van der Waals surface area contributed by atoms with Gasteiger partial charge in [0.1, 0.15) is 22.9 Å². The van der Waals surface area contributed by atoms with Crippen LogP contribution in [0.15, 0.2) is 53.7 Å². The van der Waals surface area contributed by atoms with Gasteiger partial charge in [-0.2, -0.15) is 0 Å². The second kappa shape index (κ2) is 8.88. The van der Waals surface area contributed by atoms with Crippen molar-refractivity contribution in [3.63, 3.8) is 0 Å². The fourth-order valence-electron chi connectivity index (χ4n) is 3.88. The molecule has 0 radical (unpaired) electrons. The summed E-state index contributed by atoms with van der Waals surface area (Å²) < 4.78 is 10.5. The third kappa shape index (κ3) is 3.96. The van der Waals surface area contributed by atoms with Crippen molar-refractivity contribution in [3.8, 4) is 34.0 Å². The van der Waals surface area contributed by atoms with Gasteiger partial charge in [-0.25, -0.2) is 4.98 Å². The Labute approximate surface area is 199 Å². The van der Waals surface area contributed by atoms with Crippen molar-refractivity contribution in [3.05, 3.63) is 53.6 Å². The van der Waals surface area contributed by atoms with E-state index in [-0.39, 0.29) is 12.3 Å². The zero-order chi connectivity index (χ0) is 22.9. The van der Waals surface area contributed by atoms with Gasteiger partial charge in [0.25, 0.3) is 0 Å². The predicted octanol–water partition coefficient (Wildman–Crippen LogP) is 5.46. The average Bonchev–Trinajstić information content (AvgIpc) is 3.14. The predicted molar refractivity (Wildman–Crippen MR) is 130 cm³/mol. The molecule has 0 unspecified atom stereocenters. The second-order valence-corrected chi connectivity index (χ2v) is 8.80. The molecule has 0 saturated heterocycles. The standard InChI is InChI=1S/C24H19ClN4O3S/c1-31-18-12-19(32-2)17(11-16(18)25)26-20(30)9-10-33-24-27-22-14-7-3-5-13-6-4-8-15(21(13)14)23(22)28-29-24/h3-8,11-12H,9-10H2,1-2H3,(H,26,30). The molecule has 0 fully saturated rings. The number of amides is 1. The van der Waals surface area contributed by atoms with Gasteiger partial charge in [-0.05, 0) is 11.5 Å². The lowest BCUT2D eigenvalue weighted by Crippen LogP contribution is -2.13. The number of hydrogen-bond acceptors (Lipinski definition) is 7. The van der Waals surface area contributed by atoms with Crippen LogP contribution < -0.4 is 14.8 Å². The van der Waals surface area contributed by atoms with Gasteiger partial charge in [-0.1, -0.05) is 59.8 Å². The lowest BCUT2D eigenvalue weighted by molar-refractivity contribution is -0.115. The van der Waals surface area contributed by atoms with Crippen molar-refractivity contribution in [1.82, 2.24) is 15.2 Å². The number of halogens is 1. The van der Waals surface area contributed by atoms with Crippen LogP contribution in [0.4, 0.5) is 5.69 Å². The van der Waals surface area contributed by atoms with Gasteiger partial charge in [0.2, 0.25) is 11.1 Å². The topological polar surface area (TPSA) is 86.2 Å². The Morgan fingerprint density at radius 3 is 2.45 bits per heavy atom. The number of benzene rings is 3. The van der Waals surface area contributed by atoms with Crippen molar-refractivity contribution in [1.29, 1.82) is 0 Å². The van der Waals surface area contributed by atoms with Crippen LogP contribution in [0.3, 0.4) is 0 Å². The fraction of sp³-hybridized carbons (Fsp3) is 0.167. The molecule has 166 valence electrons. The molecule has 9 heteroatoms. The second-order valence-electron chi connectivity index (χ2n) is 7.33. The third-order valence-corrected chi connectivity index (χ3v) is 6.53. The summed E-state index contributed by atoms with van der Waals surface area (Å²) in [6.07, 6.45) is 0.258. The highest BCUT2D eigenvalue weighted by molar-refractivity contribution is 7.99. The number of nitrogens with zero attached hydrogens (tertiary/aromatic N) is 3. The zero-order valence-corrected chi connectivity index (χ0v) is 19.5. The van der Waals surface area contributed by atoms with E-state index in [2.05, 4.69) is 33.7 Å². The van der Waals surface area contributed by atoms with Crippen LogP contribution in [0.1, 0.15) is 6.42 Å². The van der Waals surface area contributed by atoms with E-state index in [1.165, 1.54) is 26.0 Å². The molecule has 4 aromatic rings. The van der Waals surface area contributed by atoms with Gasteiger partial charge in [0.15, 0.2) is 0 Å². The molecule has 0 saturated carbocycles. The Morgan fingerprint density at radius 1 is 1.00 bits per heavy atom. The largest absolute Gasteiger partial charge is 0.495 e. The van der Waals surface area contributed by atoms with Gasteiger partial charge < -0.3 is 14.8 Å². The van der Waals surface area contributed by atoms with Crippen molar-refractivity contribution in [2.45, 2.75) is 11.6 Å². The molecule has 33 heavy (non-hydrogen) atoms. The number of carbonyl (C=O) groups is 1. The van der Waals surface area contributed by atoms with E-state index < -0.39 is 0 Å². The molecule has 0 spiro atoms. The van der Waals surface area contributed by atoms with Crippen LogP contribution in [0.2, 0.25) is 5.02 Å². The minimum Gasteiger partial charge on any atom is -0.495 e. The number of hydrogen-bond donors (Lipinski definition) is 1. The first kappa shape index (κ1) is 21.5. The van der Waals surface area contributed by atoms with Gasteiger partial charge in [0.05, 0.1) is 24.9 Å². The maximum Gasteiger partial charge on any atom is 0.225 e. The summed E-state index contributed by atoms with van der Waals surface area (Å²) >= 11 is 7.57. The summed E-state index contributed by atoms with van der Waals surface area (Å²) in [5.41, 5.74) is 4.24. The number of ether oxygens (including phenoxy) is 2. The Bertz CT molecular complexity index is 1390. The van der Waals surface area contributed by atoms with E-state index >= 15 is 0 Å². The molecule has 1 N–H and O–H groups in total. The van der Waals surface area contributed by atoms with Gasteiger partial charge in [-0.3, -0.25) is 4.79 Å². The van der Waals surface area contributed by atoms with Crippen molar-refractivity contribution in [2.75, 3.05) is 25.3 Å². The smallest absolute Gasteiger partial charge is 0.225 e. The normalized spacial score (nSPS) is 11.4. The summed E-state index contributed by atoms with van der Waals surface area (Å²) in [6, 6.07) is 15.6. The number of thioether (sulfide) groups is 1. The lowest BCUT2D eigenvalue weighted by Gasteiger charge is -2.13. The lowest BCUT2D eigenvalue weighted by atomic mass is 10.0. The van der Waals surface area contributed by atoms with Crippen LogP contribution in [-0.4, -0.2) is 41.1 Å². The number of fused-ring (bicyclic) bond motifs is 3. The first-order valence-corrected chi connectivity index (χ1v) is 11.6. The molecular formula is C24H19ClN4O3S. The molecule has 1 aromatic heterocycles. The summed E-state index contributed by atoms with van der Waals surface area (Å²) in [5.74, 6) is 1.27. The molecule has 0 bridgehead atoms. The van der Waals surface area contributed by atoms with E-state index in [4.69, 9.17) is 26.1 Å². The van der Waals surface area contributed by atoms with Crippen LogP contribution in [0.25, 0.3) is 33.3 Å². The molecule has 5 rings (SSSR count).